The van der Waals surface area contributed by atoms with E-state index in [1.165, 1.54) is 4.31 Å². The lowest BCUT2D eigenvalue weighted by atomic mass is 9.84. The van der Waals surface area contributed by atoms with Crippen molar-refractivity contribution in [2.24, 2.45) is 0 Å². The van der Waals surface area contributed by atoms with Gasteiger partial charge in [-0.3, -0.25) is 0 Å². The van der Waals surface area contributed by atoms with Crippen LogP contribution in [-0.4, -0.2) is 44.6 Å². The van der Waals surface area contributed by atoms with E-state index in [4.69, 9.17) is 4.74 Å². The summed E-state index contributed by atoms with van der Waals surface area (Å²) in [6.45, 7) is 6.01. The fourth-order valence-electron chi connectivity index (χ4n) is 6.64. The Morgan fingerprint density at radius 2 is 1.27 bits per heavy atom. The minimum absolute atomic E-state index is 0.0110. The molecule has 0 aliphatic carbocycles. The van der Waals surface area contributed by atoms with Gasteiger partial charge in [-0.2, -0.15) is 8.61 Å². The van der Waals surface area contributed by atoms with Crippen molar-refractivity contribution in [2.45, 2.75) is 61.5 Å². The second-order valence-corrected chi connectivity index (χ2v) is 15.4. The van der Waals surface area contributed by atoms with Crippen molar-refractivity contribution in [3.05, 3.63) is 143 Å². The lowest BCUT2D eigenvalue weighted by Gasteiger charge is -2.49. The number of rotatable bonds is 8. The fraction of sp³-hybridized carbons (Fsp3) is 0.278. The Balaban J connectivity index is 1.57. The third kappa shape index (κ3) is 5.86. The van der Waals surface area contributed by atoms with Crippen LogP contribution in [-0.2, 0) is 24.8 Å². The predicted molar refractivity (Wildman–Crippen MR) is 175 cm³/mol. The highest BCUT2D eigenvalue weighted by Crippen LogP contribution is 2.49. The first kappa shape index (κ1) is 31.2. The van der Waals surface area contributed by atoms with Crippen LogP contribution in [0.1, 0.15) is 54.1 Å². The zero-order chi connectivity index (χ0) is 31.8. The molecular weight excluding hydrogens is 605 g/mol. The van der Waals surface area contributed by atoms with Gasteiger partial charge in [-0.1, -0.05) is 96.6 Å². The van der Waals surface area contributed by atoms with Crippen molar-refractivity contribution >= 4 is 20.0 Å². The highest BCUT2D eigenvalue weighted by Gasteiger charge is 2.51. The number of hydrogen-bond donors (Lipinski definition) is 0. The van der Waals surface area contributed by atoms with Crippen molar-refractivity contribution in [1.82, 2.24) is 8.61 Å². The normalized spacial score (nSPS) is 21.4. The molecule has 2 aliphatic heterocycles. The Labute approximate surface area is 266 Å². The Morgan fingerprint density at radius 1 is 0.689 bits per heavy atom. The van der Waals surface area contributed by atoms with Crippen molar-refractivity contribution in [1.29, 1.82) is 0 Å². The first-order valence-corrected chi connectivity index (χ1v) is 18.1. The molecular formula is C36H38N2O5S2. The fourth-order valence-corrected chi connectivity index (χ4v) is 10.3. The number of piperidine rings is 1. The van der Waals surface area contributed by atoms with Gasteiger partial charge in [-0.15, -0.1) is 0 Å². The molecule has 0 radical (unpaired) electrons. The van der Waals surface area contributed by atoms with E-state index in [0.717, 1.165) is 16.7 Å². The van der Waals surface area contributed by atoms with Gasteiger partial charge in [-0.05, 0) is 62.1 Å². The van der Waals surface area contributed by atoms with Crippen LogP contribution in [0.4, 0.5) is 0 Å². The first-order chi connectivity index (χ1) is 21.6. The van der Waals surface area contributed by atoms with Crippen LogP contribution < -0.4 is 0 Å². The van der Waals surface area contributed by atoms with Gasteiger partial charge in [0.05, 0.1) is 40.3 Å². The summed E-state index contributed by atoms with van der Waals surface area (Å²) in [5, 5.41) is 0. The summed E-state index contributed by atoms with van der Waals surface area (Å²) in [6.07, 6.45) is 0.526. The lowest BCUT2D eigenvalue weighted by Crippen LogP contribution is -2.55. The molecule has 4 aromatic rings. The van der Waals surface area contributed by atoms with Gasteiger partial charge >= 0.3 is 0 Å². The van der Waals surface area contributed by atoms with E-state index in [1.54, 1.807) is 53.7 Å². The maximum Gasteiger partial charge on any atom is 0.244 e. The van der Waals surface area contributed by atoms with E-state index in [9.17, 15) is 16.8 Å². The molecule has 2 aliphatic rings. The SMILES string of the molecule is CCOC1=C2CN(S(=O)(=O)c3ccc(C)cc3)C(c3ccccc3)C[C@@H]2N(S(=O)(=O)c2ccccc2C)C(c2ccccc2)C1. The largest absolute Gasteiger partial charge is 0.498 e. The molecule has 0 spiro atoms. The van der Waals surface area contributed by atoms with Crippen LogP contribution in [0.25, 0.3) is 0 Å². The third-order valence-corrected chi connectivity index (χ3v) is 12.8. The highest BCUT2D eigenvalue weighted by atomic mass is 32.2. The summed E-state index contributed by atoms with van der Waals surface area (Å²) in [7, 11) is -8.01. The summed E-state index contributed by atoms with van der Waals surface area (Å²) >= 11 is 0. The van der Waals surface area contributed by atoms with Gasteiger partial charge in [0.15, 0.2) is 0 Å². The molecule has 0 N–H and O–H groups in total. The Morgan fingerprint density at radius 3 is 1.87 bits per heavy atom. The molecule has 1 saturated heterocycles. The summed E-state index contributed by atoms with van der Waals surface area (Å²) in [6, 6.07) is 31.2. The van der Waals surface area contributed by atoms with Gasteiger partial charge < -0.3 is 4.74 Å². The average Bonchev–Trinajstić information content (AvgIpc) is 3.05. The van der Waals surface area contributed by atoms with E-state index >= 15 is 0 Å². The van der Waals surface area contributed by atoms with E-state index in [2.05, 4.69) is 0 Å². The molecule has 234 valence electrons. The summed E-state index contributed by atoms with van der Waals surface area (Å²) in [4.78, 5) is 0.449. The maximum atomic E-state index is 14.8. The van der Waals surface area contributed by atoms with Crippen molar-refractivity contribution < 1.29 is 21.6 Å². The molecule has 7 nitrogen and oxygen atoms in total. The maximum absolute atomic E-state index is 14.8. The van der Waals surface area contributed by atoms with E-state index < -0.39 is 38.2 Å². The number of hydrogen-bond acceptors (Lipinski definition) is 5. The van der Waals surface area contributed by atoms with Crippen LogP contribution in [0.5, 0.6) is 0 Å². The standard InChI is InChI=1S/C36H38N2O5S2/c1-4-43-35-24-33(29-16-9-6-10-17-29)38(45(41,42)36-18-12-11-13-27(36)3)34-23-32(28-14-7-5-8-15-28)37(25-31(34)35)44(39,40)30-21-19-26(2)20-22-30/h5-22,32-34H,4,23-25H2,1-3H3/t32?,33?,34-/m0/s1. The predicted octanol–water partition coefficient (Wildman–Crippen LogP) is 6.93. The molecule has 9 heteroatoms. The number of nitrogens with zero attached hydrogens (tertiary/aromatic N) is 2. The summed E-state index contributed by atoms with van der Waals surface area (Å²) < 4.78 is 67.8. The molecule has 0 amide bonds. The first-order valence-electron chi connectivity index (χ1n) is 15.2. The van der Waals surface area contributed by atoms with E-state index in [1.807, 2.05) is 80.6 Å². The summed E-state index contributed by atoms with van der Waals surface area (Å²) in [5.74, 6) is 0.656. The lowest BCUT2D eigenvalue weighted by molar-refractivity contribution is 0.118. The number of benzene rings is 4. The molecule has 3 atom stereocenters. The van der Waals surface area contributed by atoms with Gasteiger partial charge in [0, 0.05) is 18.5 Å². The average molecular weight is 643 g/mol. The van der Waals surface area contributed by atoms with E-state index in [0.29, 0.717) is 29.9 Å². The number of fused-ring (bicyclic) bond motifs is 1. The topological polar surface area (TPSA) is 84.0 Å². The Hall–Kier alpha value is -3.76. The quantitative estimate of drug-likeness (QED) is 0.208. The zero-order valence-electron chi connectivity index (χ0n) is 25.7. The smallest absolute Gasteiger partial charge is 0.244 e. The molecule has 2 heterocycles. The van der Waals surface area contributed by atoms with Crippen LogP contribution in [0.15, 0.2) is 130 Å². The third-order valence-electron chi connectivity index (χ3n) is 8.84. The van der Waals surface area contributed by atoms with Crippen LogP contribution in [0.2, 0.25) is 0 Å². The molecule has 1 fully saturated rings. The number of sulfonamides is 2. The molecule has 0 bridgehead atoms. The van der Waals surface area contributed by atoms with Gasteiger partial charge in [0.25, 0.3) is 0 Å². The molecule has 0 saturated carbocycles. The number of aryl methyl sites for hydroxylation is 2. The molecule has 6 rings (SSSR count). The van der Waals surface area contributed by atoms with Crippen molar-refractivity contribution in [3.63, 3.8) is 0 Å². The minimum Gasteiger partial charge on any atom is -0.498 e. The minimum atomic E-state index is -4.04. The van der Waals surface area contributed by atoms with Gasteiger partial charge in [0.1, 0.15) is 0 Å². The van der Waals surface area contributed by atoms with Crippen molar-refractivity contribution in [3.8, 4) is 0 Å². The second kappa shape index (κ2) is 12.6. The molecule has 2 unspecified atom stereocenters. The van der Waals surface area contributed by atoms with Crippen LogP contribution in [0, 0.1) is 13.8 Å². The molecule has 4 aromatic carbocycles. The van der Waals surface area contributed by atoms with Crippen molar-refractivity contribution in [2.75, 3.05) is 13.2 Å². The highest BCUT2D eigenvalue weighted by molar-refractivity contribution is 7.89. The molecule has 45 heavy (non-hydrogen) atoms. The van der Waals surface area contributed by atoms with Gasteiger partial charge in [0.2, 0.25) is 20.0 Å². The monoisotopic (exact) mass is 642 g/mol. The zero-order valence-corrected chi connectivity index (χ0v) is 27.3. The van der Waals surface area contributed by atoms with E-state index in [-0.39, 0.29) is 22.8 Å². The van der Waals surface area contributed by atoms with Crippen LogP contribution >= 0.6 is 0 Å². The summed E-state index contributed by atoms with van der Waals surface area (Å²) in [5.41, 5.74) is 3.97. The van der Waals surface area contributed by atoms with Gasteiger partial charge in [-0.25, -0.2) is 16.8 Å². The number of ether oxygens (including phenoxy) is 1. The Bertz CT molecular complexity index is 1910. The Kier molecular flexibility index (Phi) is 8.72. The molecule has 0 aromatic heterocycles. The van der Waals surface area contributed by atoms with Crippen LogP contribution in [0.3, 0.4) is 0 Å². The second-order valence-electron chi connectivity index (χ2n) is 11.7.